The first kappa shape index (κ1) is 22.5. The average molecular weight is 370 g/mol. The SMILES string of the molecule is C#CC(CC(=O)O)c1ccc(OCC2=CCCCC2)cc1.CCCC(C)=O. The van der Waals surface area contributed by atoms with Gasteiger partial charge in [0.25, 0.3) is 0 Å². The van der Waals surface area contributed by atoms with Crippen LogP contribution in [0.25, 0.3) is 0 Å². The molecule has 0 saturated heterocycles. The van der Waals surface area contributed by atoms with E-state index in [0.29, 0.717) is 6.61 Å². The van der Waals surface area contributed by atoms with Crippen molar-refractivity contribution in [2.45, 2.75) is 64.7 Å². The number of hydrogen-bond donors (Lipinski definition) is 1. The predicted molar refractivity (Wildman–Crippen MR) is 108 cm³/mol. The molecule has 4 heteroatoms. The molecule has 1 aromatic carbocycles. The molecule has 0 heterocycles. The van der Waals surface area contributed by atoms with E-state index in [1.165, 1.54) is 18.4 Å². The summed E-state index contributed by atoms with van der Waals surface area (Å²) in [7, 11) is 0. The van der Waals surface area contributed by atoms with E-state index in [9.17, 15) is 9.59 Å². The molecule has 0 amide bonds. The highest BCUT2D eigenvalue weighted by atomic mass is 16.5. The van der Waals surface area contributed by atoms with Crippen molar-refractivity contribution in [3.63, 3.8) is 0 Å². The number of hydrogen-bond acceptors (Lipinski definition) is 3. The number of ether oxygens (including phenoxy) is 1. The minimum atomic E-state index is -0.887. The second-order valence-electron chi connectivity index (χ2n) is 6.73. The van der Waals surface area contributed by atoms with Gasteiger partial charge >= 0.3 is 5.97 Å². The summed E-state index contributed by atoms with van der Waals surface area (Å²) < 4.78 is 5.76. The molecule has 1 aromatic rings. The zero-order valence-corrected chi connectivity index (χ0v) is 16.4. The van der Waals surface area contributed by atoms with Gasteiger partial charge in [0.1, 0.15) is 18.1 Å². The molecule has 27 heavy (non-hydrogen) atoms. The van der Waals surface area contributed by atoms with E-state index >= 15 is 0 Å². The number of carbonyl (C=O) groups is 2. The van der Waals surface area contributed by atoms with E-state index in [1.807, 2.05) is 31.2 Å². The monoisotopic (exact) mass is 370 g/mol. The first-order chi connectivity index (χ1) is 13.0. The van der Waals surface area contributed by atoms with Crippen LogP contribution in [0, 0.1) is 12.3 Å². The minimum absolute atomic E-state index is 0.0520. The first-order valence-electron chi connectivity index (χ1n) is 9.54. The fourth-order valence-electron chi connectivity index (χ4n) is 2.81. The topological polar surface area (TPSA) is 63.6 Å². The van der Waals surface area contributed by atoms with Gasteiger partial charge < -0.3 is 14.6 Å². The van der Waals surface area contributed by atoms with Gasteiger partial charge in [0.2, 0.25) is 0 Å². The Bertz CT molecular complexity index is 665. The molecule has 0 spiro atoms. The van der Waals surface area contributed by atoms with Crippen molar-refractivity contribution >= 4 is 11.8 Å². The summed E-state index contributed by atoms with van der Waals surface area (Å²) in [6.45, 7) is 4.25. The van der Waals surface area contributed by atoms with Gasteiger partial charge in [0.15, 0.2) is 0 Å². The number of benzene rings is 1. The average Bonchev–Trinajstić information content (AvgIpc) is 2.66. The quantitative estimate of drug-likeness (QED) is 0.509. The van der Waals surface area contributed by atoms with Crippen molar-refractivity contribution in [1.82, 2.24) is 0 Å². The van der Waals surface area contributed by atoms with Crippen molar-refractivity contribution in [1.29, 1.82) is 0 Å². The Labute approximate surface area is 162 Å². The highest BCUT2D eigenvalue weighted by Gasteiger charge is 2.13. The van der Waals surface area contributed by atoms with E-state index in [0.717, 1.165) is 37.0 Å². The molecule has 1 aliphatic rings. The summed E-state index contributed by atoms with van der Waals surface area (Å²) >= 11 is 0. The molecule has 0 fully saturated rings. The lowest BCUT2D eigenvalue weighted by molar-refractivity contribution is -0.137. The zero-order chi connectivity index (χ0) is 20.1. The largest absolute Gasteiger partial charge is 0.489 e. The number of rotatable bonds is 8. The number of carboxylic acid groups (broad SMARTS) is 1. The maximum Gasteiger partial charge on any atom is 0.304 e. The van der Waals surface area contributed by atoms with Gasteiger partial charge in [0, 0.05) is 6.42 Å². The highest BCUT2D eigenvalue weighted by Crippen LogP contribution is 2.23. The Morgan fingerprint density at radius 3 is 2.41 bits per heavy atom. The third kappa shape index (κ3) is 9.65. The Kier molecular flexibility index (Phi) is 10.6. The van der Waals surface area contributed by atoms with Crippen molar-refractivity contribution in [2.75, 3.05) is 6.61 Å². The van der Waals surface area contributed by atoms with Crippen LogP contribution in [0.3, 0.4) is 0 Å². The van der Waals surface area contributed by atoms with Crippen LogP contribution in [-0.2, 0) is 9.59 Å². The molecule has 4 nitrogen and oxygen atoms in total. The summed E-state index contributed by atoms with van der Waals surface area (Å²) in [4.78, 5) is 20.8. The van der Waals surface area contributed by atoms with Gasteiger partial charge in [-0.25, -0.2) is 0 Å². The van der Waals surface area contributed by atoms with Crippen LogP contribution < -0.4 is 4.74 Å². The van der Waals surface area contributed by atoms with Crippen LogP contribution in [0.1, 0.15) is 70.3 Å². The summed E-state index contributed by atoms with van der Waals surface area (Å²) in [5.74, 6) is 2.32. The lowest BCUT2D eigenvalue weighted by Gasteiger charge is -2.14. The van der Waals surface area contributed by atoms with Crippen LogP contribution in [0.4, 0.5) is 0 Å². The minimum Gasteiger partial charge on any atom is -0.489 e. The second kappa shape index (κ2) is 12.8. The fourth-order valence-corrected chi connectivity index (χ4v) is 2.81. The van der Waals surface area contributed by atoms with Gasteiger partial charge in [0.05, 0.1) is 12.3 Å². The van der Waals surface area contributed by atoms with Gasteiger partial charge in [-0.1, -0.05) is 31.1 Å². The van der Waals surface area contributed by atoms with E-state index < -0.39 is 11.9 Å². The molecule has 0 aliphatic heterocycles. The molecule has 2 rings (SSSR count). The molecule has 146 valence electrons. The molecular formula is C23H30O4. The first-order valence-corrected chi connectivity index (χ1v) is 9.54. The maximum absolute atomic E-state index is 10.8. The lowest BCUT2D eigenvalue weighted by Crippen LogP contribution is -2.05. The zero-order valence-electron chi connectivity index (χ0n) is 16.4. The number of Topliss-reactive ketones (excluding diaryl/α,β-unsaturated/α-hetero) is 1. The third-order valence-corrected chi connectivity index (χ3v) is 4.27. The number of aliphatic carboxylic acids is 1. The normalized spacial score (nSPS) is 14.0. The van der Waals surface area contributed by atoms with Crippen molar-refractivity contribution in [3.8, 4) is 18.1 Å². The summed E-state index contributed by atoms with van der Waals surface area (Å²) in [6.07, 6.45) is 14.1. The summed E-state index contributed by atoms with van der Waals surface area (Å²) in [5.41, 5.74) is 2.20. The molecule has 1 atom stereocenters. The van der Waals surface area contributed by atoms with E-state index in [2.05, 4.69) is 12.0 Å². The number of ketones is 1. The molecule has 1 N–H and O–H groups in total. The van der Waals surface area contributed by atoms with Crippen molar-refractivity contribution in [2.24, 2.45) is 0 Å². The molecule has 0 aromatic heterocycles. The Morgan fingerprint density at radius 1 is 1.26 bits per heavy atom. The second-order valence-corrected chi connectivity index (χ2v) is 6.73. The number of terminal acetylenes is 1. The molecule has 0 saturated carbocycles. The van der Waals surface area contributed by atoms with Gasteiger partial charge in [-0.2, -0.15) is 0 Å². The molecule has 1 aliphatic carbocycles. The van der Waals surface area contributed by atoms with E-state index in [4.69, 9.17) is 16.3 Å². The van der Waals surface area contributed by atoms with Crippen LogP contribution >= 0.6 is 0 Å². The van der Waals surface area contributed by atoms with Crippen LogP contribution in [0.5, 0.6) is 5.75 Å². The van der Waals surface area contributed by atoms with Crippen LogP contribution in [0.15, 0.2) is 35.9 Å². The Balaban J connectivity index is 0.000000527. The number of carbonyl (C=O) groups excluding carboxylic acids is 1. The lowest BCUT2D eigenvalue weighted by atomic mass is 9.96. The smallest absolute Gasteiger partial charge is 0.304 e. The standard InChI is InChI=1S/C18H20O3.C5H10O/c1-2-15(12-18(19)20)16-8-10-17(11-9-16)21-13-14-6-4-3-5-7-14;1-3-4-5(2)6/h1,6,8-11,15H,3-5,7,12-13H2,(H,19,20);3-4H2,1-2H3. The number of allylic oxidation sites excluding steroid dienone is 1. The van der Waals surface area contributed by atoms with Crippen LogP contribution in [-0.4, -0.2) is 23.5 Å². The van der Waals surface area contributed by atoms with Crippen molar-refractivity contribution in [3.05, 3.63) is 41.5 Å². The molecular weight excluding hydrogens is 340 g/mol. The predicted octanol–water partition coefficient (Wildman–Crippen LogP) is 5.13. The molecule has 1 unspecified atom stereocenters. The molecule has 0 bridgehead atoms. The Hall–Kier alpha value is -2.54. The molecule has 0 radical (unpaired) electrons. The number of carboxylic acids is 1. The highest BCUT2D eigenvalue weighted by molar-refractivity contribution is 5.75. The van der Waals surface area contributed by atoms with Crippen molar-refractivity contribution < 1.29 is 19.4 Å². The fraction of sp³-hybridized carbons (Fsp3) is 0.478. The Morgan fingerprint density at radius 2 is 1.96 bits per heavy atom. The van der Waals surface area contributed by atoms with E-state index in [-0.39, 0.29) is 12.2 Å². The van der Waals surface area contributed by atoms with Gasteiger partial charge in [-0.05, 0) is 62.3 Å². The third-order valence-electron chi connectivity index (χ3n) is 4.27. The van der Waals surface area contributed by atoms with Gasteiger partial charge in [-0.15, -0.1) is 6.42 Å². The van der Waals surface area contributed by atoms with Gasteiger partial charge in [-0.3, -0.25) is 4.79 Å². The van der Waals surface area contributed by atoms with E-state index in [1.54, 1.807) is 6.92 Å². The summed E-state index contributed by atoms with van der Waals surface area (Å²) in [5, 5.41) is 8.83. The maximum atomic E-state index is 10.8. The van der Waals surface area contributed by atoms with Crippen LogP contribution in [0.2, 0.25) is 0 Å². The summed E-state index contributed by atoms with van der Waals surface area (Å²) in [6, 6.07) is 7.39.